The minimum Gasteiger partial charge on any atom is -0.456 e. The third kappa shape index (κ3) is 6.04. The fourth-order valence-electron chi connectivity index (χ4n) is 8.01. The average Bonchev–Trinajstić information content (AvgIpc) is 4.13. The summed E-state index contributed by atoms with van der Waals surface area (Å²) in [7, 11) is 0. The number of hydrogen-bond acceptors (Lipinski definition) is 4. The standard InChI is InChI=1S/C52H34N4OS/c1-5-13-33(14-6-1)49-41-25-21-37(53-41)39-23-27-43(55-39)51(35-17-9-3-10-18-35)47-31-32-48(58-47)52(36-19-11-4-12-20-36)44-28-24-40(56-44)38-22-26-42(54-38)50(34-15-7-2-8-16-34)46-30-29-45(49)57-46/h1-32,53,56H. The SMILES string of the molecule is C1=Cc2nc1c(-c1ccccc1)c1ccc(o1)c(-c1ccccc1)c1ccc([nH]1)c1nc(c(-c3ccccc3)c3ccc(s3)c(-c3ccccc3)c3ccc2[nH]3)C=C1. The predicted molar refractivity (Wildman–Crippen MR) is 243 cm³/mol. The smallest absolute Gasteiger partial charge is 0.137 e. The van der Waals surface area contributed by atoms with E-state index < -0.39 is 0 Å². The van der Waals surface area contributed by atoms with Gasteiger partial charge in [0.1, 0.15) is 11.2 Å². The number of nitrogens with one attached hydrogen (secondary N) is 2. The van der Waals surface area contributed by atoms with Crippen LogP contribution in [-0.2, 0) is 0 Å². The monoisotopic (exact) mass is 762 g/mol. The first-order valence-electron chi connectivity index (χ1n) is 19.3. The number of aromatic amines is 2. The molecule has 11 rings (SSSR count). The number of H-pyrrole nitrogens is 2. The molecule has 0 fully saturated rings. The van der Waals surface area contributed by atoms with Crippen LogP contribution in [-0.4, -0.2) is 19.9 Å². The van der Waals surface area contributed by atoms with Crippen LogP contribution in [0.5, 0.6) is 0 Å². The highest BCUT2D eigenvalue weighted by molar-refractivity contribution is 7.24. The lowest BCUT2D eigenvalue weighted by Crippen LogP contribution is -1.84. The van der Waals surface area contributed by atoms with Gasteiger partial charge in [-0.05, 0) is 95.1 Å². The van der Waals surface area contributed by atoms with E-state index in [0.717, 1.165) is 110 Å². The molecule has 6 heteroatoms. The maximum Gasteiger partial charge on any atom is 0.137 e. The molecular weight excluding hydrogens is 729 g/mol. The highest BCUT2D eigenvalue weighted by Crippen LogP contribution is 2.40. The molecule has 0 aliphatic carbocycles. The average molecular weight is 763 g/mol. The van der Waals surface area contributed by atoms with E-state index in [9.17, 15) is 0 Å². The summed E-state index contributed by atoms with van der Waals surface area (Å²) in [6.45, 7) is 0. The molecular formula is C52H34N4OS. The molecule has 2 aliphatic heterocycles. The van der Waals surface area contributed by atoms with Gasteiger partial charge in [0.2, 0.25) is 0 Å². The lowest BCUT2D eigenvalue weighted by Gasteiger charge is -2.04. The van der Waals surface area contributed by atoms with E-state index in [2.05, 4.69) is 192 Å². The van der Waals surface area contributed by atoms with E-state index in [1.807, 2.05) is 12.1 Å². The Morgan fingerprint density at radius 1 is 0.328 bits per heavy atom. The molecule has 0 unspecified atom stereocenters. The number of benzene rings is 4. The number of rotatable bonds is 4. The molecule has 5 nitrogen and oxygen atoms in total. The van der Waals surface area contributed by atoms with Gasteiger partial charge in [-0.25, -0.2) is 9.97 Å². The molecule has 12 bridgehead atoms. The van der Waals surface area contributed by atoms with Gasteiger partial charge < -0.3 is 14.4 Å². The van der Waals surface area contributed by atoms with Crippen molar-refractivity contribution in [3.8, 4) is 44.5 Å². The largest absolute Gasteiger partial charge is 0.456 e. The van der Waals surface area contributed by atoms with Gasteiger partial charge in [0.05, 0.1) is 44.9 Å². The van der Waals surface area contributed by atoms with Crippen LogP contribution in [0.4, 0.5) is 0 Å². The molecule has 9 aromatic rings. The molecule has 4 aromatic carbocycles. The van der Waals surface area contributed by atoms with Crippen molar-refractivity contribution < 1.29 is 4.42 Å². The molecule has 2 N–H and O–H groups in total. The highest BCUT2D eigenvalue weighted by Gasteiger charge is 2.17. The van der Waals surface area contributed by atoms with Crippen LogP contribution in [0.15, 0.2) is 174 Å². The third-order valence-corrected chi connectivity index (χ3v) is 11.8. The molecule has 2 aliphatic rings. The van der Waals surface area contributed by atoms with Crippen molar-refractivity contribution in [3.05, 3.63) is 193 Å². The van der Waals surface area contributed by atoms with Crippen LogP contribution in [0.25, 0.3) is 111 Å². The molecule has 0 spiro atoms. The Hall–Kier alpha value is -7.54. The van der Waals surface area contributed by atoms with Gasteiger partial charge in [0.15, 0.2) is 0 Å². The summed E-state index contributed by atoms with van der Waals surface area (Å²) in [4.78, 5) is 18.0. The van der Waals surface area contributed by atoms with Crippen LogP contribution in [0, 0.1) is 0 Å². The van der Waals surface area contributed by atoms with E-state index in [-0.39, 0.29) is 0 Å². The number of aromatic nitrogens is 4. The molecule has 58 heavy (non-hydrogen) atoms. The molecule has 0 radical (unpaired) electrons. The lowest BCUT2D eigenvalue weighted by atomic mass is 10.0. The Bertz CT molecular complexity index is 3090. The number of nitrogens with zero attached hydrogens (tertiary/aromatic N) is 2. The molecule has 7 heterocycles. The first kappa shape index (κ1) is 33.8. The Morgan fingerprint density at radius 3 is 1.24 bits per heavy atom. The van der Waals surface area contributed by atoms with Crippen molar-refractivity contribution in [1.29, 1.82) is 0 Å². The topological polar surface area (TPSA) is 70.5 Å². The second kappa shape index (κ2) is 14.2. The van der Waals surface area contributed by atoms with Gasteiger partial charge in [-0.1, -0.05) is 121 Å². The van der Waals surface area contributed by atoms with Crippen molar-refractivity contribution >= 4 is 78.3 Å². The van der Waals surface area contributed by atoms with Crippen LogP contribution in [0.3, 0.4) is 0 Å². The second-order valence-corrected chi connectivity index (χ2v) is 15.4. The van der Waals surface area contributed by atoms with Crippen molar-refractivity contribution in [2.24, 2.45) is 0 Å². The summed E-state index contributed by atoms with van der Waals surface area (Å²) < 4.78 is 9.19. The Labute approximate surface area is 338 Å². The minimum atomic E-state index is 0.736. The van der Waals surface area contributed by atoms with Crippen molar-refractivity contribution in [3.63, 3.8) is 0 Å². The zero-order chi connectivity index (χ0) is 38.4. The summed E-state index contributed by atoms with van der Waals surface area (Å²) >= 11 is 1.78. The van der Waals surface area contributed by atoms with Gasteiger partial charge >= 0.3 is 0 Å². The number of fused-ring (bicyclic) bond motifs is 14. The molecule has 0 amide bonds. The maximum atomic E-state index is 6.90. The molecule has 0 atom stereocenters. The maximum absolute atomic E-state index is 6.90. The summed E-state index contributed by atoms with van der Waals surface area (Å²) in [5, 5.41) is 0. The first-order valence-corrected chi connectivity index (χ1v) is 20.1. The Kier molecular flexibility index (Phi) is 8.26. The Morgan fingerprint density at radius 2 is 0.707 bits per heavy atom. The molecule has 0 saturated heterocycles. The lowest BCUT2D eigenvalue weighted by molar-refractivity contribution is 0.668. The van der Waals surface area contributed by atoms with Crippen molar-refractivity contribution in [2.45, 2.75) is 0 Å². The van der Waals surface area contributed by atoms with Gasteiger partial charge in [-0.2, -0.15) is 0 Å². The molecule has 5 aromatic heterocycles. The normalized spacial score (nSPS) is 12.0. The molecule has 0 saturated carbocycles. The van der Waals surface area contributed by atoms with E-state index in [1.54, 1.807) is 11.3 Å². The van der Waals surface area contributed by atoms with Gasteiger partial charge in [0, 0.05) is 31.6 Å². The van der Waals surface area contributed by atoms with Crippen molar-refractivity contribution in [1.82, 2.24) is 19.9 Å². The number of hydrogen-bond donors (Lipinski definition) is 2. The Balaban J connectivity index is 1.29. The number of furan rings is 1. The summed E-state index contributed by atoms with van der Waals surface area (Å²) in [6.07, 6.45) is 8.41. The van der Waals surface area contributed by atoms with Crippen LogP contribution < -0.4 is 0 Å². The zero-order valence-electron chi connectivity index (χ0n) is 31.2. The summed E-state index contributed by atoms with van der Waals surface area (Å²) in [5.41, 5.74) is 17.2. The predicted octanol–water partition coefficient (Wildman–Crippen LogP) is 14.4. The van der Waals surface area contributed by atoms with Crippen LogP contribution >= 0.6 is 11.3 Å². The van der Waals surface area contributed by atoms with Gasteiger partial charge in [-0.3, -0.25) is 0 Å². The van der Waals surface area contributed by atoms with E-state index in [0.29, 0.717) is 0 Å². The fraction of sp³-hybridized carbons (Fsp3) is 0. The summed E-state index contributed by atoms with van der Waals surface area (Å²) in [5.74, 6) is 0. The fourth-order valence-corrected chi connectivity index (χ4v) is 9.17. The summed E-state index contributed by atoms with van der Waals surface area (Å²) in [6, 6.07) is 59.0. The first-order chi connectivity index (χ1) is 28.7. The minimum absolute atomic E-state index is 0.736. The van der Waals surface area contributed by atoms with Crippen LogP contribution in [0.2, 0.25) is 0 Å². The van der Waals surface area contributed by atoms with Gasteiger partial charge in [-0.15, -0.1) is 11.3 Å². The van der Waals surface area contributed by atoms with E-state index in [1.165, 1.54) is 0 Å². The zero-order valence-corrected chi connectivity index (χ0v) is 32.0. The second-order valence-electron chi connectivity index (χ2n) is 14.3. The van der Waals surface area contributed by atoms with E-state index in [4.69, 9.17) is 14.4 Å². The number of thiophene rings is 1. The van der Waals surface area contributed by atoms with Crippen LogP contribution in [0.1, 0.15) is 22.8 Å². The van der Waals surface area contributed by atoms with Gasteiger partial charge in [0.25, 0.3) is 0 Å². The van der Waals surface area contributed by atoms with Crippen molar-refractivity contribution in [2.75, 3.05) is 0 Å². The third-order valence-electron chi connectivity index (χ3n) is 10.7. The highest BCUT2D eigenvalue weighted by atomic mass is 32.1. The molecule has 274 valence electrons. The van der Waals surface area contributed by atoms with E-state index >= 15 is 0 Å². The quantitative estimate of drug-likeness (QED) is 0.188.